The number of carbonyl (C=O) groups excluding carboxylic acids is 7. The molecule has 0 amide bonds. The highest BCUT2D eigenvalue weighted by atomic mass is 16.8. The lowest BCUT2D eigenvalue weighted by molar-refractivity contribution is -0.357. The Hall–Kier alpha value is -3.87. The first kappa shape index (κ1) is 36.3. The molecule has 0 aromatic rings. The van der Waals surface area contributed by atoms with Crippen LogP contribution in [0.15, 0.2) is 0 Å². The standard InChI is InChI=1S/C26H36O18/c1-10(27)35-8-17-19(37-12(3)29)21(23(25(34)42-17)40-15(6)32)44-26-24(41-16(7)33)22(39-14(5)31)20(38-13(4)30)18(43-26)9-36-11(2)28/h17-26,34H,8-9H2,1-7H3/t17?,18?,19-,20-,21-,22-,23?,24?,25+,26-/m0/s1. The SMILES string of the molecule is CC(=O)OCC1O[C@@H](O[C@@H]2C(OC(C)=O)[C@H](O)OC(COC(C)=O)[C@@H]2OC(C)=O)C(OC(C)=O)[C@@H](OC(C)=O)[C@H]1OC(C)=O. The first-order chi connectivity index (χ1) is 20.5. The number of esters is 7. The van der Waals surface area contributed by atoms with Gasteiger partial charge < -0.3 is 52.5 Å². The second kappa shape index (κ2) is 16.3. The molecule has 0 aromatic carbocycles. The predicted molar refractivity (Wildman–Crippen MR) is 135 cm³/mol. The number of aliphatic hydroxyl groups is 1. The van der Waals surface area contributed by atoms with Gasteiger partial charge in [0.25, 0.3) is 0 Å². The van der Waals surface area contributed by atoms with Crippen LogP contribution in [0.5, 0.6) is 0 Å². The Morgan fingerprint density at radius 2 is 0.841 bits per heavy atom. The summed E-state index contributed by atoms with van der Waals surface area (Å²) in [7, 11) is 0. The molecule has 0 aromatic heterocycles. The molecular formula is C26H36O18. The van der Waals surface area contributed by atoms with Crippen molar-refractivity contribution in [2.75, 3.05) is 13.2 Å². The van der Waals surface area contributed by atoms with E-state index in [0.29, 0.717) is 0 Å². The van der Waals surface area contributed by atoms with Gasteiger partial charge in [0.05, 0.1) is 0 Å². The average Bonchev–Trinajstić information content (AvgIpc) is 2.87. The fourth-order valence-corrected chi connectivity index (χ4v) is 4.49. The van der Waals surface area contributed by atoms with Gasteiger partial charge in [0.15, 0.2) is 43.1 Å². The zero-order valence-electron chi connectivity index (χ0n) is 25.1. The van der Waals surface area contributed by atoms with Crippen LogP contribution >= 0.6 is 0 Å². The van der Waals surface area contributed by atoms with Crippen molar-refractivity contribution in [3.8, 4) is 0 Å². The zero-order valence-corrected chi connectivity index (χ0v) is 25.1. The molecule has 2 fully saturated rings. The summed E-state index contributed by atoms with van der Waals surface area (Å²) < 4.78 is 54.0. The third-order valence-electron chi connectivity index (χ3n) is 5.90. The fraction of sp³-hybridized carbons (Fsp3) is 0.731. The second-order valence-electron chi connectivity index (χ2n) is 9.68. The topological polar surface area (TPSA) is 232 Å². The molecule has 2 aliphatic heterocycles. The van der Waals surface area contributed by atoms with Gasteiger partial charge >= 0.3 is 41.8 Å². The van der Waals surface area contributed by atoms with Gasteiger partial charge in [0, 0.05) is 48.5 Å². The molecule has 248 valence electrons. The van der Waals surface area contributed by atoms with Gasteiger partial charge in [0.1, 0.15) is 31.5 Å². The molecule has 18 heteroatoms. The highest BCUT2D eigenvalue weighted by Gasteiger charge is 2.57. The molecule has 0 aliphatic carbocycles. The van der Waals surface area contributed by atoms with Crippen molar-refractivity contribution in [3.63, 3.8) is 0 Å². The van der Waals surface area contributed by atoms with Gasteiger partial charge in [-0.2, -0.15) is 0 Å². The van der Waals surface area contributed by atoms with Crippen LogP contribution < -0.4 is 0 Å². The zero-order chi connectivity index (χ0) is 33.3. The highest BCUT2D eigenvalue weighted by molar-refractivity contribution is 5.69. The van der Waals surface area contributed by atoms with Crippen molar-refractivity contribution in [2.45, 2.75) is 110 Å². The van der Waals surface area contributed by atoms with E-state index < -0.39 is 116 Å². The van der Waals surface area contributed by atoms with Crippen molar-refractivity contribution >= 4 is 41.8 Å². The molecule has 1 N–H and O–H groups in total. The smallest absolute Gasteiger partial charge is 0.303 e. The lowest BCUT2D eigenvalue weighted by Crippen LogP contribution is -2.67. The normalized spacial score (nSPS) is 31.5. The predicted octanol–water partition coefficient (Wildman–Crippen LogP) is -1.40. The van der Waals surface area contributed by atoms with E-state index in [0.717, 1.165) is 48.5 Å². The van der Waals surface area contributed by atoms with Gasteiger partial charge in [0.2, 0.25) is 0 Å². The van der Waals surface area contributed by atoms with E-state index in [1.807, 2.05) is 0 Å². The maximum atomic E-state index is 12.2. The molecule has 4 unspecified atom stereocenters. The van der Waals surface area contributed by atoms with E-state index in [4.69, 9.17) is 47.4 Å². The molecule has 0 radical (unpaired) electrons. The Kier molecular flexibility index (Phi) is 13.4. The molecule has 2 heterocycles. The second-order valence-corrected chi connectivity index (χ2v) is 9.68. The Morgan fingerprint density at radius 3 is 1.27 bits per heavy atom. The molecular weight excluding hydrogens is 600 g/mol. The fourth-order valence-electron chi connectivity index (χ4n) is 4.49. The molecule has 44 heavy (non-hydrogen) atoms. The minimum atomic E-state index is -1.94. The minimum Gasteiger partial charge on any atom is -0.463 e. The number of rotatable bonds is 11. The van der Waals surface area contributed by atoms with Crippen LogP contribution in [0, 0.1) is 0 Å². The average molecular weight is 637 g/mol. The van der Waals surface area contributed by atoms with Gasteiger partial charge in [-0.1, -0.05) is 0 Å². The van der Waals surface area contributed by atoms with E-state index in [2.05, 4.69) is 0 Å². The molecule has 2 saturated heterocycles. The largest absolute Gasteiger partial charge is 0.463 e. The van der Waals surface area contributed by atoms with Gasteiger partial charge in [-0.15, -0.1) is 0 Å². The van der Waals surface area contributed by atoms with Crippen LogP contribution in [-0.2, 0) is 80.9 Å². The highest BCUT2D eigenvalue weighted by Crippen LogP contribution is 2.35. The summed E-state index contributed by atoms with van der Waals surface area (Å²) in [5.41, 5.74) is 0. The van der Waals surface area contributed by atoms with Crippen LogP contribution in [0.3, 0.4) is 0 Å². The number of carbonyl (C=O) groups is 7. The maximum absolute atomic E-state index is 12.2. The number of hydrogen-bond acceptors (Lipinski definition) is 18. The molecule has 0 bridgehead atoms. The van der Waals surface area contributed by atoms with Crippen LogP contribution in [0.25, 0.3) is 0 Å². The minimum absolute atomic E-state index is 0.560. The van der Waals surface area contributed by atoms with E-state index in [-0.39, 0.29) is 0 Å². The van der Waals surface area contributed by atoms with Crippen molar-refractivity contribution in [1.82, 2.24) is 0 Å². The number of ether oxygens (including phenoxy) is 10. The van der Waals surface area contributed by atoms with Gasteiger partial charge in [-0.3, -0.25) is 33.6 Å². The molecule has 0 spiro atoms. The van der Waals surface area contributed by atoms with E-state index >= 15 is 0 Å². The van der Waals surface area contributed by atoms with Crippen LogP contribution in [-0.4, -0.2) is 122 Å². The molecule has 0 saturated carbocycles. The Bertz CT molecular complexity index is 1090. The lowest BCUT2D eigenvalue weighted by atomic mass is 9.96. The summed E-state index contributed by atoms with van der Waals surface area (Å²) in [6, 6.07) is 0. The molecule has 10 atom stereocenters. The number of aliphatic hydroxyl groups excluding tert-OH is 1. The maximum Gasteiger partial charge on any atom is 0.303 e. The van der Waals surface area contributed by atoms with Crippen molar-refractivity contribution in [3.05, 3.63) is 0 Å². The summed E-state index contributed by atoms with van der Waals surface area (Å²) >= 11 is 0. The molecule has 2 rings (SSSR count). The van der Waals surface area contributed by atoms with Crippen molar-refractivity contribution in [2.24, 2.45) is 0 Å². The summed E-state index contributed by atoms with van der Waals surface area (Å²) in [4.78, 5) is 83.5. The van der Waals surface area contributed by atoms with E-state index in [1.165, 1.54) is 0 Å². The quantitative estimate of drug-likeness (QED) is 0.203. The lowest BCUT2D eigenvalue weighted by Gasteiger charge is -2.48. The third-order valence-corrected chi connectivity index (χ3v) is 5.90. The molecule has 18 nitrogen and oxygen atoms in total. The van der Waals surface area contributed by atoms with Crippen molar-refractivity contribution < 1.29 is 86.0 Å². The number of hydrogen-bond donors (Lipinski definition) is 1. The Morgan fingerprint density at radius 1 is 0.477 bits per heavy atom. The summed E-state index contributed by atoms with van der Waals surface area (Å²) in [6.07, 6.45) is -16.4. The van der Waals surface area contributed by atoms with Crippen LogP contribution in [0.1, 0.15) is 48.5 Å². The first-order valence-corrected chi connectivity index (χ1v) is 13.3. The summed E-state index contributed by atoms with van der Waals surface area (Å²) in [5, 5.41) is 10.8. The third kappa shape index (κ3) is 10.7. The van der Waals surface area contributed by atoms with E-state index in [1.54, 1.807) is 0 Å². The van der Waals surface area contributed by atoms with E-state index in [9.17, 15) is 38.7 Å². The van der Waals surface area contributed by atoms with Gasteiger partial charge in [-0.05, 0) is 0 Å². The van der Waals surface area contributed by atoms with Crippen molar-refractivity contribution in [1.29, 1.82) is 0 Å². The first-order valence-electron chi connectivity index (χ1n) is 13.3. The van der Waals surface area contributed by atoms with Crippen LogP contribution in [0.2, 0.25) is 0 Å². The Balaban J connectivity index is 2.66. The summed E-state index contributed by atoms with van der Waals surface area (Å²) in [5.74, 6) is -6.03. The summed E-state index contributed by atoms with van der Waals surface area (Å²) in [6.45, 7) is 6.13. The monoisotopic (exact) mass is 636 g/mol. The Labute approximate surface area is 251 Å². The van der Waals surface area contributed by atoms with Gasteiger partial charge in [-0.25, -0.2) is 0 Å². The molecule has 2 aliphatic rings. The van der Waals surface area contributed by atoms with Crippen LogP contribution in [0.4, 0.5) is 0 Å².